The molecule has 1 aromatic heterocycles. The van der Waals surface area contributed by atoms with Crippen molar-refractivity contribution in [3.63, 3.8) is 0 Å². The van der Waals surface area contributed by atoms with Gasteiger partial charge in [0.2, 0.25) is 5.95 Å². The van der Waals surface area contributed by atoms with Crippen molar-refractivity contribution in [2.45, 2.75) is 25.6 Å². The average molecular weight is 384 g/mol. The Bertz CT molecular complexity index is 859. The molecule has 2 fully saturated rings. The van der Waals surface area contributed by atoms with E-state index in [2.05, 4.69) is 15.2 Å². The third-order valence-electron chi connectivity index (χ3n) is 5.30. The summed E-state index contributed by atoms with van der Waals surface area (Å²) in [6, 6.07) is 7.78. The van der Waals surface area contributed by atoms with Crippen LogP contribution in [0, 0.1) is 6.92 Å². The lowest BCUT2D eigenvalue weighted by Gasteiger charge is -2.38. The molecule has 2 saturated heterocycles. The van der Waals surface area contributed by atoms with E-state index in [1.807, 2.05) is 31.2 Å². The van der Waals surface area contributed by atoms with Crippen molar-refractivity contribution >= 4 is 17.5 Å². The smallest absolute Gasteiger partial charge is 0.229 e. The number of aromatic nitrogens is 2. The zero-order valence-electron chi connectivity index (χ0n) is 15.9. The normalized spacial score (nSPS) is 20.4. The number of hydrogen-bond donors (Lipinski definition) is 1. The molecule has 0 atom stereocenters. The molecule has 28 heavy (non-hydrogen) atoms. The fourth-order valence-corrected chi connectivity index (χ4v) is 3.88. The molecule has 0 bridgehead atoms. The Hall–Kier alpha value is -2.58. The first-order chi connectivity index (χ1) is 13.7. The lowest BCUT2D eigenvalue weighted by Crippen LogP contribution is -2.45. The largest absolute Gasteiger partial charge is 0.486 e. The maximum absolute atomic E-state index is 5.82. The second kappa shape index (κ2) is 7.10. The summed E-state index contributed by atoms with van der Waals surface area (Å²) in [5, 5.41) is 3.29. The van der Waals surface area contributed by atoms with Crippen molar-refractivity contribution in [2.75, 3.05) is 49.7 Å². The molecule has 8 nitrogen and oxygen atoms in total. The summed E-state index contributed by atoms with van der Waals surface area (Å²) < 4.78 is 22.9. The van der Waals surface area contributed by atoms with Crippen LogP contribution in [0.2, 0.25) is 0 Å². The number of nitrogens with one attached hydrogen (secondary N) is 1. The van der Waals surface area contributed by atoms with Gasteiger partial charge in [0.1, 0.15) is 19.0 Å². The number of piperidine rings is 1. The summed E-state index contributed by atoms with van der Waals surface area (Å²) in [7, 11) is 0. The Labute approximate surface area is 163 Å². The number of benzene rings is 1. The van der Waals surface area contributed by atoms with Crippen LogP contribution in [0.25, 0.3) is 0 Å². The van der Waals surface area contributed by atoms with Crippen LogP contribution < -0.4 is 19.7 Å². The van der Waals surface area contributed by atoms with Crippen molar-refractivity contribution in [3.8, 4) is 11.5 Å². The van der Waals surface area contributed by atoms with Gasteiger partial charge in [0.15, 0.2) is 17.3 Å². The summed E-state index contributed by atoms with van der Waals surface area (Å²) in [4.78, 5) is 11.5. The number of ether oxygens (including phenoxy) is 4. The summed E-state index contributed by atoms with van der Waals surface area (Å²) in [6.07, 6.45) is 1.70. The second-order valence-corrected chi connectivity index (χ2v) is 7.27. The summed E-state index contributed by atoms with van der Waals surface area (Å²) >= 11 is 0. The van der Waals surface area contributed by atoms with E-state index in [1.165, 1.54) is 0 Å². The molecule has 5 rings (SSSR count). The first-order valence-corrected chi connectivity index (χ1v) is 9.74. The highest BCUT2D eigenvalue weighted by Crippen LogP contribution is 2.35. The first kappa shape index (κ1) is 17.5. The number of fused-ring (bicyclic) bond motifs is 1. The SMILES string of the molecule is Cc1cc(N2CCC3(CC2)OCCO3)nc(Nc2ccc3c(c2)OCCO3)n1. The van der Waals surface area contributed by atoms with Gasteiger partial charge in [-0.05, 0) is 19.1 Å². The van der Waals surface area contributed by atoms with Crippen molar-refractivity contribution in [3.05, 3.63) is 30.0 Å². The number of hydrogen-bond acceptors (Lipinski definition) is 8. The molecule has 0 amide bonds. The van der Waals surface area contributed by atoms with Crippen LogP contribution in [0.1, 0.15) is 18.5 Å². The number of aryl methyl sites for hydroxylation is 1. The fraction of sp³-hybridized carbons (Fsp3) is 0.500. The van der Waals surface area contributed by atoms with Gasteiger partial charge in [0.05, 0.1) is 13.2 Å². The van der Waals surface area contributed by atoms with Gasteiger partial charge >= 0.3 is 0 Å². The third-order valence-corrected chi connectivity index (χ3v) is 5.30. The second-order valence-electron chi connectivity index (χ2n) is 7.27. The van der Waals surface area contributed by atoms with Crippen LogP contribution in [0.3, 0.4) is 0 Å². The quantitative estimate of drug-likeness (QED) is 0.865. The summed E-state index contributed by atoms with van der Waals surface area (Å²) in [5.74, 6) is 2.61. The van der Waals surface area contributed by atoms with Crippen LogP contribution >= 0.6 is 0 Å². The molecule has 8 heteroatoms. The molecule has 1 aromatic carbocycles. The van der Waals surface area contributed by atoms with E-state index in [1.54, 1.807) is 0 Å². The van der Waals surface area contributed by atoms with Gasteiger partial charge in [0, 0.05) is 49.4 Å². The van der Waals surface area contributed by atoms with E-state index in [4.69, 9.17) is 23.9 Å². The number of nitrogens with zero attached hydrogens (tertiary/aromatic N) is 3. The molecule has 1 spiro atoms. The van der Waals surface area contributed by atoms with Crippen LogP contribution in [0.15, 0.2) is 24.3 Å². The zero-order chi connectivity index (χ0) is 19.0. The van der Waals surface area contributed by atoms with Gasteiger partial charge in [-0.1, -0.05) is 0 Å². The van der Waals surface area contributed by atoms with Crippen molar-refractivity contribution in [2.24, 2.45) is 0 Å². The van der Waals surface area contributed by atoms with E-state index in [0.717, 1.165) is 54.6 Å². The summed E-state index contributed by atoms with van der Waals surface area (Å²) in [6.45, 7) is 6.20. The molecule has 148 valence electrons. The topological polar surface area (TPSA) is 78.0 Å². The fourth-order valence-electron chi connectivity index (χ4n) is 3.88. The lowest BCUT2D eigenvalue weighted by atomic mass is 10.0. The van der Waals surface area contributed by atoms with Crippen LogP contribution in [0.4, 0.5) is 17.5 Å². The molecule has 2 aromatic rings. The third kappa shape index (κ3) is 3.45. The molecular formula is C20H24N4O4. The molecule has 3 aliphatic rings. The van der Waals surface area contributed by atoms with Gasteiger partial charge in [-0.25, -0.2) is 4.98 Å². The minimum atomic E-state index is -0.384. The molecule has 0 radical (unpaired) electrons. The van der Waals surface area contributed by atoms with Gasteiger partial charge in [-0.2, -0.15) is 4.98 Å². The number of anilines is 3. The van der Waals surface area contributed by atoms with Crippen LogP contribution in [-0.2, 0) is 9.47 Å². The highest BCUT2D eigenvalue weighted by Gasteiger charge is 2.40. The van der Waals surface area contributed by atoms with Crippen molar-refractivity contribution in [1.29, 1.82) is 0 Å². The average Bonchev–Trinajstić information content (AvgIpc) is 3.16. The molecule has 1 N–H and O–H groups in total. The molecule has 3 aliphatic heterocycles. The van der Waals surface area contributed by atoms with Crippen LogP contribution in [-0.4, -0.2) is 55.3 Å². The van der Waals surface area contributed by atoms with Gasteiger partial charge in [-0.3, -0.25) is 0 Å². The Morgan fingerprint density at radius 2 is 1.68 bits per heavy atom. The lowest BCUT2D eigenvalue weighted by molar-refractivity contribution is -0.169. The van der Waals surface area contributed by atoms with Gasteiger partial charge in [0.25, 0.3) is 0 Å². The predicted octanol–water partition coefficient (Wildman–Crippen LogP) is 2.64. The maximum atomic E-state index is 5.82. The Morgan fingerprint density at radius 3 is 2.46 bits per heavy atom. The summed E-state index contributed by atoms with van der Waals surface area (Å²) in [5.41, 5.74) is 1.78. The zero-order valence-corrected chi connectivity index (χ0v) is 15.9. The minimum Gasteiger partial charge on any atom is -0.486 e. The Kier molecular flexibility index (Phi) is 4.44. The van der Waals surface area contributed by atoms with E-state index in [0.29, 0.717) is 32.4 Å². The molecule has 0 unspecified atom stereocenters. The first-order valence-electron chi connectivity index (χ1n) is 9.74. The Morgan fingerprint density at radius 1 is 0.929 bits per heavy atom. The maximum Gasteiger partial charge on any atom is 0.229 e. The predicted molar refractivity (Wildman–Crippen MR) is 104 cm³/mol. The molecule has 4 heterocycles. The van der Waals surface area contributed by atoms with Gasteiger partial charge in [-0.15, -0.1) is 0 Å². The molecule has 0 aliphatic carbocycles. The van der Waals surface area contributed by atoms with E-state index in [-0.39, 0.29) is 5.79 Å². The molecular weight excluding hydrogens is 360 g/mol. The van der Waals surface area contributed by atoms with Crippen molar-refractivity contribution < 1.29 is 18.9 Å². The van der Waals surface area contributed by atoms with E-state index < -0.39 is 0 Å². The van der Waals surface area contributed by atoms with Gasteiger partial charge < -0.3 is 29.2 Å². The monoisotopic (exact) mass is 384 g/mol. The number of rotatable bonds is 3. The van der Waals surface area contributed by atoms with Crippen LogP contribution in [0.5, 0.6) is 11.5 Å². The molecule has 0 saturated carbocycles. The Balaban J connectivity index is 1.32. The highest BCUT2D eigenvalue weighted by atomic mass is 16.7. The van der Waals surface area contributed by atoms with E-state index >= 15 is 0 Å². The van der Waals surface area contributed by atoms with E-state index in [9.17, 15) is 0 Å². The highest BCUT2D eigenvalue weighted by molar-refractivity contribution is 5.61. The standard InChI is InChI=1S/C20H24N4O4/c1-14-12-18(24-6-4-20(5-7-24)27-10-11-28-20)23-19(21-14)22-15-2-3-16-17(13-15)26-9-8-25-16/h2-3,12-13H,4-11H2,1H3,(H,21,22,23). The minimum absolute atomic E-state index is 0.384. The van der Waals surface area contributed by atoms with Crippen molar-refractivity contribution in [1.82, 2.24) is 9.97 Å².